The number of hydrogen-bond acceptors (Lipinski definition) is 0. The molecule has 1 saturated heterocycles. The van der Waals surface area contributed by atoms with Crippen LogP contribution in [0.1, 0.15) is 6.42 Å². The third-order valence-electron chi connectivity index (χ3n) is 1.43. The topological polar surface area (TPSA) is 0 Å². The van der Waals surface area contributed by atoms with Gasteiger partial charge in [0.05, 0.1) is 13.8 Å². The van der Waals surface area contributed by atoms with Gasteiger partial charge in [-0.05, 0) is 0 Å². The maximum atomic E-state index is 2.40. The summed E-state index contributed by atoms with van der Waals surface area (Å²) < 4.78 is 0. The molecule has 0 N–H and O–H groups in total. The van der Waals surface area contributed by atoms with Crippen LogP contribution in [-0.2, 0) is 0 Å². The van der Waals surface area contributed by atoms with Crippen molar-refractivity contribution < 1.29 is 0 Å². The number of rotatable bonds is 0. The van der Waals surface area contributed by atoms with E-state index in [1.54, 1.807) is 0 Å². The van der Waals surface area contributed by atoms with Crippen LogP contribution in [0.2, 0.25) is 19.5 Å². The van der Waals surface area contributed by atoms with Crippen LogP contribution >= 0.6 is 0 Å². The molecule has 1 aliphatic rings. The Hall–Kier alpha value is 0.130. The summed E-state index contributed by atoms with van der Waals surface area (Å²) in [6.07, 6.45) is 4.22. The second-order valence-corrected chi connectivity index (χ2v) is 2.14. The third-order valence-corrected chi connectivity index (χ3v) is 1.43. The van der Waals surface area contributed by atoms with Crippen molar-refractivity contribution in [3.63, 3.8) is 0 Å². The van der Waals surface area contributed by atoms with Crippen LogP contribution < -0.4 is 0 Å². The second kappa shape index (κ2) is 1.72. The van der Waals surface area contributed by atoms with Crippen LogP contribution in [0.3, 0.4) is 0 Å². The summed E-state index contributed by atoms with van der Waals surface area (Å²) in [6.45, 7) is 3.21. The Morgan fingerprint density at radius 1 is 1.67 bits per heavy atom. The Labute approximate surface area is 40.6 Å². The summed E-state index contributed by atoms with van der Waals surface area (Å²) in [7, 11) is 2.40. The van der Waals surface area contributed by atoms with E-state index in [1.807, 2.05) is 0 Å². The lowest BCUT2D eigenvalue weighted by atomic mass is 9.25. The fraction of sp³-hybridized carbons (Fsp3) is 1.00. The highest BCUT2D eigenvalue weighted by Crippen LogP contribution is 2.09. The van der Waals surface area contributed by atoms with Crippen LogP contribution in [-0.4, -0.2) is 13.8 Å². The van der Waals surface area contributed by atoms with Gasteiger partial charge in [-0.25, -0.2) is 0 Å². The van der Waals surface area contributed by atoms with E-state index >= 15 is 0 Å². The molecule has 0 aromatic carbocycles. The Morgan fingerprint density at radius 3 is 2.67 bits per heavy atom. The van der Waals surface area contributed by atoms with E-state index in [0.717, 1.165) is 6.60 Å². The molecule has 0 bridgehead atoms. The first-order chi connectivity index (χ1) is 2.89. The molecule has 1 aliphatic heterocycles. The van der Waals surface area contributed by atoms with Gasteiger partial charge in [0.15, 0.2) is 0 Å². The summed E-state index contributed by atoms with van der Waals surface area (Å²) >= 11 is 0. The van der Waals surface area contributed by atoms with Crippen molar-refractivity contribution in [2.24, 2.45) is 0 Å². The third kappa shape index (κ3) is 0.796. The van der Waals surface area contributed by atoms with Crippen molar-refractivity contribution in [1.29, 1.82) is 0 Å². The van der Waals surface area contributed by atoms with Gasteiger partial charge in [0.25, 0.3) is 0 Å². The predicted molar refractivity (Wildman–Crippen MR) is 31.6 cm³/mol. The predicted octanol–water partition coefficient (Wildman–Crippen LogP) is 1.13. The van der Waals surface area contributed by atoms with Gasteiger partial charge in [0.1, 0.15) is 0 Å². The zero-order valence-corrected chi connectivity index (χ0v) is 4.28. The van der Waals surface area contributed by atoms with E-state index in [9.17, 15) is 0 Å². The van der Waals surface area contributed by atoms with Gasteiger partial charge in [-0.15, -0.1) is 0 Å². The van der Waals surface area contributed by atoms with Crippen LogP contribution in [0.25, 0.3) is 0 Å². The van der Waals surface area contributed by atoms with Gasteiger partial charge in [0.2, 0.25) is 0 Å². The van der Waals surface area contributed by atoms with E-state index in [-0.39, 0.29) is 0 Å². The lowest BCUT2D eigenvalue weighted by Crippen LogP contribution is -2.07. The second-order valence-electron chi connectivity index (χ2n) is 2.14. The van der Waals surface area contributed by atoms with E-state index in [1.165, 1.54) is 19.1 Å². The minimum absolute atomic E-state index is 0.921. The molecule has 1 rings (SSSR count). The Bertz CT molecular complexity index is 38.8. The highest BCUT2D eigenvalue weighted by atomic mass is 13.8. The molecule has 0 amide bonds. The van der Waals surface area contributed by atoms with Crippen molar-refractivity contribution in [3.05, 3.63) is 0 Å². The molecule has 0 unspecified atom stereocenters. The smallest absolute Gasteiger partial charge is 0.0926 e. The molecule has 2 heteroatoms. The molecule has 31 valence electrons. The van der Waals surface area contributed by atoms with Crippen LogP contribution in [0.4, 0.5) is 0 Å². The van der Waals surface area contributed by atoms with E-state index < -0.39 is 0 Å². The maximum Gasteiger partial charge on any atom is 0.0969 e. The molecular weight excluding hydrogens is 69.7 g/mol. The van der Waals surface area contributed by atoms with Crippen molar-refractivity contribution in [2.45, 2.75) is 25.9 Å². The lowest BCUT2D eigenvalue weighted by molar-refractivity contribution is 1.09. The molecular formula is C4H9B2. The molecule has 0 nitrogen and oxygen atoms in total. The molecule has 1 fully saturated rings. The zero-order valence-electron chi connectivity index (χ0n) is 4.28. The van der Waals surface area contributed by atoms with E-state index in [2.05, 4.69) is 14.0 Å². The van der Waals surface area contributed by atoms with Gasteiger partial charge in [-0.1, -0.05) is 25.9 Å². The van der Waals surface area contributed by atoms with Gasteiger partial charge in [-0.3, -0.25) is 0 Å². The molecule has 0 aromatic rings. The minimum atomic E-state index is 0.921. The molecule has 0 atom stereocenters. The van der Waals surface area contributed by atoms with Crippen molar-refractivity contribution in [1.82, 2.24) is 0 Å². The van der Waals surface area contributed by atoms with Gasteiger partial charge >= 0.3 is 0 Å². The summed E-state index contributed by atoms with van der Waals surface area (Å²) in [5.74, 6) is 0. The Kier molecular flexibility index (Phi) is 1.23. The van der Waals surface area contributed by atoms with Gasteiger partial charge in [-0.2, -0.15) is 0 Å². The number of hydrogen-bond donors (Lipinski definition) is 0. The summed E-state index contributed by atoms with van der Waals surface area (Å²) in [6, 6.07) is 0. The van der Waals surface area contributed by atoms with Crippen LogP contribution in [0, 0.1) is 0 Å². The quantitative estimate of drug-likeness (QED) is 0.381. The molecule has 0 spiro atoms. The van der Waals surface area contributed by atoms with Crippen LogP contribution in [0.15, 0.2) is 0 Å². The average Bonchev–Trinajstić information content (AvgIpc) is 1.86. The Morgan fingerprint density at radius 2 is 2.50 bits per heavy atom. The minimum Gasteiger partial charge on any atom is -0.0926 e. The lowest BCUT2D eigenvalue weighted by Gasteiger charge is -1.84. The largest absolute Gasteiger partial charge is 0.0969 e. The summed E-state index contributed by atoms with van der Waals surface area (Å²) in [5.41, 5.74) is 0. The fourth-order valence-electron chi connectivity index (χ4n) is 0.960. The normalized spacial score (nSPS) is 21.2. The van der Waals surface area contributed by atoms with E-state index in [0.29, 0.717) is 0 Å². The molecule has 6 heavy (non-hydrogen) atoms. The van der Waals surface area contributed by atoms with Gasteiger partial charge in [0, 0.05) is 0 Å². The van der Waals surface area contributed by atoms with Crippen molar-refractivity contribution in [2.75, 3.05) is 0 Å². The molecule has 1 radical (unpaired) electrons. The molecule has 0 aliphatic carbocycles. The first-order valence-electron chi connectivity index (χ1n) is 2.73. The van der Waals surface area contributed by atoms with E-state index in [4.69, 9.17) is 0 Å². The molecule has 1 heterocycles. The first-order valence-corrected chi connectivity index (χ1v) is 2.73. The van der Waals surface area contributed by atoms with Crippen LogP contribution in [0.5, 0.6) is 0 Å². The first kappa shape index (κ1) is 4.29. The highest BCUT2D eigenvalue weighted by molar-refractivity contribution is 7.12. The maximum absolute atomic E-state index is 2.40. The average molecular weight is 78.7 g/mol. The van der Waals surface area contributed by atoms with Crippen molar-refractivity contribution in [3.8, 4) is 0 Å². The SMILES string of the molecule is CB1[B]CCC1. The van der Waals surface area contributed by atoms with Gasteiger partial charge < -0.3 is 0 Å². The Balaban J connectivity index is 2.18. The summed E-state index contributed by atoms with van der Waals surface area (Å²) in [4.78, 5) is 0. The molecule has 0 saturated carbocycles. The standard InChI is InChI=1S/C4H9B2/c1-6-4-2-3-5-6/h2-4H2,1H3. The van der Waals surface area contributed by atoms with Crippen molar-refractivity contribution >= 4 is 13.8 Å². The fourth-order valence-corrected chi connectivity index (χ4v) is 0.960. The highest BCUT2D eigenvalue weighted by Gasteiger charge is 2.12. The zero-order chi connectivity index (χ0) is 4.41. The monoisotopic (exact) mass is 79.1 g/mol. The molecule has 0 aromatic heterocycles. The summed E-state index contributed by atoms with van der Waals surface area (Å²) in [5, 5.41) is 0.